The van der Waals surface area contributed by atoms with Gasteiger partial charge in [-0.15, -0.1) is 0 Å². The van der Waals surface area contributed by atoms with Crippen LogP contribution < -0.4 is 10.2 Å². The lowest BCUT2D eigenvalue weighted by atomic mass is 10.0. The Bertz CT molecular complexity index is 1490. The maximum atomic E-state index is 13.1. The number of carbonyl (C=O) groups is 1. The summed E-state index contributed by atoms with van der Waals surface area (Å²) in [5, 5.41) is 14.0. The number of aliphatic hydroxyl groups excluding tert-OH is 1. The van der Waals surface area contributed by atoms with Crippen molar-refractivity contribution in [2.24, 2.45) is 0 Å². The first kappa shape index (κ1) is 81.5. The standard InChI is InChI=1S/C74H143N2O6P/c1-6-8-10-12-14-16-18-20-22-24-26-28-30-32-34-36-37-38-39-40-42-44-46-48-50-52-54-56-58-60-62-64-66-68-74(78)75-72(71-82-83(79,80)81-70-69-76(3,4)5)73(77)67-65-63-61-59-57-55-53-51-49-47-45-43-41-35-33-31-29-27-25-23-21-19-17-15-13-11-9-7-2/h18,20,24,26,30,32,65,67,72-73,77H,6-17,19,21-23,25,27-29,31,33-64,66,68-71H2,1-5H3,(H-,75,78,79,80)/b20-18-,26-24-,32-30-,67-65+. The Kier molecular flexibility index (Phi) is 63.7. The zero-order chi connectivity index (χ0) is 60.5. The predicted octanol–water partition coefficient (Wildman–Crippen LogP) is 22.8. The molecule has 0 aliphatic carbocycles. The Morgan fingerprint density at radius 2 is 0.699 bits per heavy atom. The maximum absolute atomic E-state index is 13.1. The highest BCUT2D eigenvalue weighted by atomic mass is 31.2. The first-order valence-corrected chi connectivity index (χ1v) is 38.0. The number of aliphatic hydroxyl groups is 1. The van der Waals surface area contributed by atoms with Gasteiger partial charge in [0.1, 0.15) is 13.2 Å². The smallest absolute Gasteiger partial charge is 0.268 e. The summed E-state index contributed by atoms with van der Waals surface area (Å²) in [5.74, 6) is -0.191. The van der Waals surface area contributed by atoms with Gasteiger partial charge in [-0.1, -0.05) is 351 Å². The molecule has 83 heavy (non-hydrogen) atoms. The molecule has 0 saturated carbocycles. The summed E-state index contributed by atoms with van der Waals surface area (Å²) in [7, 11) is 1.28. The largest absolute Gasteiger partial charge is 0.756 e. The number of hydrogen-bond donors (Lipinski definition) is 2. The van der Waals surface area contributed by atoms with Crippen molar-refractivity contribution in [3.05, 3.63) is 48.6 Å². The Morgan fingerprint density at radius 3 is 1.01 bits per heavy atom. The zero-order valence-corrected chi connectivity index (χ0v) is 57.1. The lowest BCUT2D eigenvalue weighted by Gasteiger charge is -2.29. The molecule has 0 rings (SSSR count). The van der Waals surface area contributed by atoms with Gasteiger partial charge in [0.2, 0.25) is 5.91 Å². The molecule has 9 heteroatoms. The maximum Gasteiger partial charge on any atom is 0.268 e. The molecular formula is C74H143N2O6P. The number of phosphoric acid groups is 1. The van der Waals surface area contributed by atoms with E-state index >= 15 is 0 Å². The topological polar surface area (TPSA) is 108 Å². The van der Waals surface area contributed by atoms with Crippen molar-refractivity contribution in [3.8, 4) is 0 Å². The van der Waals surface area contributed by atoms with Crippen LogP contribution in [0, 0.1) is 0 Å². The van der Waals surface area contributed by atoms with Crippen molar-refractivity contribution in [1.29, 1.82) is 0 Å². The summed E-state index contributed by atoms with van der Waals surface area (Å²) in [4.78, 5) is 25.7. The Hall–Kier alpha value is -1.54. The normalized spacial score (nSPS) is 13.9. The van der Waals surface area contributed by atoms with Crippen LogP contribution in [0.5, 0.6) is 0 Å². The third kappa shape index (κ3) is 67.8. The van der Waals surface area contributed by atoms with Gasteiger partial charge in [-0.3, -0.25) is 9.36 Å². The van der Waals surface area contributed by atoms with Crippen molar-refractivity contribution >= 4 is 13.7 Å². The van der Waals surface area contributed by atoms with E-state index in [-0.39, 0.29) is 19.1 Å². The van der Waals surface area contributed by atoms with Gasteiger partial charge in [-0.05, 0) is 57.8 Å². The fourth-order valence-corrected chi connectivity index (χ4v) is 11.8. The molecule has 0 aromatic heterocycles. The second kappa shape index (κ2) is 64.9. The van der Waals surface area contributed by atoms with Crippen LogP contribution in [0.1, 0.15) is 367 Å². The Balaban J connectivity index is 4.03. The number of nitrogens with one attached hydrogen (secondary N) is 1. The van der Waals surface area contributed by atoms with E-state index in [0.29, 0.717) is 17.4 Å². The van der Waals surface area contributed by atoms with Crippen molar-refractivity contribution in [2.75, 3.05) is 40.9 Å². The average molecular weight is 1190 g/mol. The molecule has 0 spiro atoms. The molecule has 0 bridgehead atoms. The minimum absolute atomic E-state index is 0.000203. The second-order valence-corrected chi connectivity index (χ2v) is 27.7. The van der Waals surface area contributed by atoms with Crippen LogP contribution in [0.4, 0.5) is 0 Å². The van der Waals surface area contributed by atoms with Crippen LogP contribution in [-0.2, 0) is 18.4 Å². The van der Waals surface area contributed by atoms with Gasteiger partial charge in [-0.25, -0.2) is 0 Å². The lowest BCUT2D eigenvalue weighted by Crippen LogP contribution is -2.45. The average Bonchev–Trinajstić information content (AvgIpc) is 3.49. The van der Waals surface area contributed by atoms with Crippen LogP contribution >= 0.6 is 7.82 Å². The van der Waals surface area contributed by atoms with E-state index in [4.69, 9.17) is 9.05 Å². The number of carbonyl (C=O) groups excluding carboxylic acids is 1. The van der Waals surface area contributed by atoms with E-state index < -0.39 is 20.0 Å². The van der Waals surface area contributed by atoms with Crippen LogP contribution in [0.3, 0.4) is 0 Å². The number of quaternary nitrogens is 1. The summed E-state index contributed by atoms with van der Waals surface area (Å²) in [6, 6.07) is -0.888. The highest BCUT2D eigenvalue weighted by Gasteiger charge is 2.23. The van der Waals surface area contributed by atoms with Gasteiger partial charge < -0.3 is 28.8 Å². The van der Waals surface area contributed by atoms with Gasteiger partial charge >= 0.3 is 0 Å². The minimum Gasteiger partial charge on any atom is -0.756 e. The van der Waals surface area contributed by atoms with Crippen LogP contribution in [0.25, 0.3) is 0 Å². The molecule has 8 nitrogen and oxygen atoms in total. The molecule has 2 N–H and O–H groups in total. The number of likely N-dealkylation sites (N-methyl/N-ethyl adjacent to an activating group) is 1. The van der Waals surface area contributed by atoms with E-state index in [1.807, 2.05) is 27.2 Å². The molecule has 0 radical (unpaired) electrons. The van der Waals surface area contributed by atoms with E-state index in [9.17, 15) is 19.4 Å². The van der Waals surface area contributed by atoms with Crippen molar-refractivity contribution in [2.45, 2.75) is 379 Å². The molecule has 3 unspecified atom stereocenters. The van der Waals surface area contributed by atoms with Crippen LogP contribution in [-0.4, -0.2) is 68.5 Å². The number of unbranched alkanes of at least 4 members (excludes halogenated alkanes) is 49. The first-order chi connectivity index (χ1) is 40.5. The fraction of sp³-hybridized carbons (Fsp3) is 0.878. The van der Waals surface area contributed by atoms with E-state index in [1.165, 1.54) is 295 Å². The Morgan fingerprint density at radius 1 is 0.422 bits per heavy atom. The molecule has 0 heterocycles. The summed E-state index contributed by atoms with van der Waals surface area (Å²) >= 11 is 0. The molecule has 0 aromatic carbocycles. The number of nitrogens with zero attached hydrogens (tertiary/aromatic N) is 1. The molecular weight excluding hydrogens is 1040 g/mol. The highest BCUT2D eigenvalue weighted by molar-refractivity contribution is 7.45. The third-order valence-electron chi connectivity index (χ3n) is 16.8. The summed E-state index contributed by atoms with van der Waals surface area (Å²) < 4.78 is 23.5. The second-order valence-electron chi connectivity index (χ2n) is 26.3. The fourth-order valence-electron chi connectivity index (χ4n) is 11.1. The van der Waals surface area contributed by atoms with Gasteiger partial charge in [0.15, 0.2) is 0 Å². The number of amides is 1. The molecule has 0 aromatic rings. The third-order valence-corrected chi connectivity index (χ3v) is 17.7. The minimum atomic E-state index is -4.60. The van der Waals surface area contributed by atoms with Crippen molar-refractivity contribution in [1.82, 2.24) is 5.32 Å². The van der Waals surface area contributed by atoms with Gasteiger partial charge in [0, 0.05) is 6.42 Å². The Labute approximate surface area is 518 Å². The first-order valence-electron chi connectivity index (χ1n) is 36.5. The van der Waals surface area contributed by atoms with Gasteiger partial charge in [0.05, 0.1) is 39.9 Å². The number of phosphoric ester groups is 1. The highest BCUT2D eigenvalue weighted by Crippen LogP contribution is 2.38. The molecule has 0 saturated heterocycles. The quantitative estimate of drug-likeness (QED) is 0.0272. The van der Waals surface area contributed by atoms with Crippen LogP contribution in [0.2, 0.25) is 0 Å². The summed E-state index contributed by atoms with van der Waals surface area (Å²) in [6.45, 7) is 4.69. The van der Waals surface area contributed by atoms with Crippen molar-refractivity contribution < 1.29 is 32.9 Å². The van der Waals surface area contributed by atoms with E-state index in [0.717, 1.165) is 51.4 Å². The number of hydrogen-bond acceptors (Lipinski definition) is 6. The van der Waals surface area contributed by atoms with Crippen molar-refractivity contribution in [3.63, 3.8) is 0 Å². The number of rotatable bonds is 68. The van der Waals surface area contributed by atoms with Gasteiger partial charge in [-0.2, -0.15) is 0 Å². The monoisotopic (exact) mass is 1190 g/mol. The molecule has 490 valence electrons. The lowest BCUT2D eigenvalue weighted by molar-refractivity contribution is -0.870. The molecule has 0 aliphatic rings. The van der Waals surface area contributed by atoms with E-state index in [2.05, 4.69) is 55.6 Å². The zero-order valence-electron chi connectivity index (χ0n) is 56.2. The molecule has 3 atom stereocenters. The number of allylic oxidation sites excluding steroid dienone is 7. The molecule has 1 amide bonds. The summed E-state index contributed by atoms with van der Waals surface area (Å²) in [6.07, 6.45) is 88.1. The van der Waals surface area contributed by atoms with Gasteiger partial charge in [0.25, 0.3) is 7.82 Å². The SMILES string of the molecule is CCCCCCC/C=C\C/C=C\C/C=C\CCCCCCCCCCCCCCCCCCCCC(=O)NC(COP(=O)([O-])OCC[N+](C)(C)C)C(O)/C=C/CCCCCCCCCCCCCCCCCCCCCCCCCCCC. The summed E-state index contributed by atoms with van der Waals surface area (Å²) in [5.41, 5.74) is 0. The van der Waals surface area contributed by atoms with E-state index in [1.54, 1.807) is 6.08 Å². The molecule has 0 aliphatic heterocycles. The molecule has 0 fully saturated rings. The van der Waals surface area contributed by atoms with Crippen LogP contribution in [0.15, 0.2) is 48.6 Å². The predicted molar refractivity (Wildman–Crippen MR) is 362 cm³/mol.